The molecule has 1 aromatic heterocycles. The molecule has 0 fully saturated rings. The molecule has 1 N–H and O–H groups in total. The maximum atomic E-state index is 5.99. The first-order chi connectivity index (χ1) is 8.65. The van der Waals surface area contributed by atoms with Crippen molar-refractivity contribution in [3.8, 4) is 0 Å². The number of aromatic nitrogens is 2. The van der Waals surface area contributed by atoms with Crippen LogP contribution in [0.15, 0.2) is 35.7 Å². The van der Waals surface area contributed by atoms with Gasteiger partial charge < -0.3 is 0 Å². The van der Waals surface area contributed by atoms with Crippen LogP contribution in [0.5, 0.6) is 0 Å². The van der Waals surface area contributed by atoms with E-state index in [0.29, 0.717) is 21.0 Å². The molecule has 1 aromatic carbocycles. The number of halogens is 3. The molecule has 0 bridgehead atoms. The van der Waals surface area contributed by atoms with Crippen LogP contribution in [0, 0.1) is 0 Å². The van der Waals surface area contributed by atoms with Crippen LogP contribution in [0.4, 0.5) is 5.82 Å². The molecular weight excluding hydrogens is 295 g/mol. The molecule has 0 spiro atoms. The average Bonchev–Trinajstić information content (AvgIpc) is 2.32. The molecule has 4 nitrogen and oxygen atoms in total. The van der Waals surface area contributed by atoms with E-state index in [4.69, 9.17) is 34.8 Å². The largest absolute Gasteiger partial charge is 0.261 e. The number of hydrogen-bond donors (Lipinski definition) is 1. The van der Waals surface area contributed by atoms with Crippen LogP contribution in [0.3, 0.4) is 0 Å². The molecule has 0 aliphatic rings. The molecule has 92 valence electrons. The molecule has 2 rings (SSSR count). The summed E-state index contributed by atoms with van der Waals surface area (Å²) in [6.07, 6.45) is 2.91. The summed E-state index contributed by atoms with van der Waals surface area (Å²) in [5.41, 5.74) is 3.46. The van der Waals surface area contributed by atoms with Crippen molar-refractivity contribution in [2.24, 2.45) is 5.10 Å². The number of benzene rings is 1. The van der Waals surface area contributed by atoms with E-state index in [1.54, 1.807) is 30.5 Å². The Kier molecular flexibility index (Phi) is 4.36. The quantitative estimate of drug-likeness (QED) is 0.532. The number of hydrazone groups is 1. The predicted octanol–water partition coefficient (Wildman–Crippen LogP) is 3.88. The maximum absolute atomic E-state index is 5.99. The van der Waals surface area contributed by atoms with Gasteiger partial charge in [0.2, 0.25) is 0 Å². The van der Waals surface area contributed by atoms with E-state index < -0.39 is 0 Å². The van der Waals surface area contributed by atoms with Crippen molar-refractivity contribution in [2.75, 3.05) is 5.43 Å². The third-order valence-corrected chi connectivity index (χ3v) is 2.75. The fourth-order valence-electron chi connectivity index (χ4n) is 1.17. The second-order valence-electron chi connectivity index (χ2n) is 3.26. The number of anilines is 1. The lowest BCUT2D eigenvalue weighted by Crippen LogP contribution is -1.94. The molecule has 0 unspecified atom stereocenters. The molecule has 0 saturated carbocycles. The maximum Gasteiger partial charge on any atom is 0.151 e. The zero-order valence-electron chi connectivity index (χ0n) is 8.94. The van der Waals surface area contributed by atoms with E-state index in [1.165, 1.54) is 6.33 Å². The molecule has 2 aromatic rings. The van der Waals surface area contributed by atoms with Gasteiger partial charge in [-0.2, -0.15) is 5.10 Å². The summed E-state index contributed by atoms with van der Waals surface area (Å²) >= 11 is 17.5. The van der Waals surface area contributed by atoms with Crippen molar-refractivity contribution in [1.82, 2.24) is 9.97 Å². The van der Waals surface area contributed by atoms with Gasteiger partial charge in [0.1, 0.15) is 11.5 Å². The van der Waals surface area contributed by atoms with Gasteiger partial charge >= 0.3 is 0 Å². The van der Waals surface area contributed by atoms with Gasteiger partial charge in [0, 0.05) is 16.7 Å². The van der Waals surface area contributed by atoms with Gasteiger partial charge in [0.25, 0.3) is 0 Å². The topological polar surface area (TPSA) is 50.2 Å². The van der Waals surface area contributed by atoms with Crippen molar-refractivity contribution in [3.63, 3.8) is 0 Å². The Balaban J connectivity index is 2.07. The lowest BCUT2D eigenvalue weighted by atomic mass is 10.2. The monoisotopic (exact) mass is 300 g/mol. The third kappa shape index (κ3) is 3.57. The Hall–Kier alpha value is -1.36. The van der Waals surface area contributed by atoms with Crippen LogP contribution in [-0.4, -0.2) is 16.2 Å². The summed E-state index contributed by atoms with van der Waals surface area (Å²) in [4.78, 5) is 7.69. The van der Waals surface area contributed by atoms with Gasteiger partial charge in [-0.05, 0) is 12.1 Å². The molecule has 0 aliphatic heterocycles. The fourth-order valence-corrected chi connectivity index (χ4v) is 1.77. The van der Waals surface area contributed by atoms with Crippen molar-refractivity contribution in [1.29, 1.82) is 0 Å². The molecular formula is C11H7Cl3N4. The van der Waals surface area contributed by atoms with E-state index in [2.05, 4.69) is 20.5 Å². The zero-order chi connectivity index (χ0) is 13.0. The third-order valence-electron chi connectivity index (χ3n) is 1.98. The minimum absolute atomic E-state index is 0.340. The Labute approximate surface area is 119 Å². The van der Waals surface area contributed by atoms with Gasteiger partial charge in [-0.15, -0.1) is 0 Å². The lowest BCUT2D eigenvalue weighted by molar-refractivity contribution is 1.14. The van der Waals surface area contributed by atoms with Gasteiger partial charge in [-0.25, -0.2) is 9.97 Å². The summed E-state index contributed by atoms with van der Waals surface area (Å²) in [5.74, 6) is 0.497. The zero-order valence-corrected chi connectivity index (χ0v) is 11.2. The van der Waals surface area contributed by atoms with Crippen LogP contribution in [0.1, 0.15) is 5.56 Å². The number of hydrogen-bond acceptors (Lipinski definition) is 4. The van der Waals surface area contributed by atoms with Gasteiger partial charge in [-0.1, -0.05) is 40.9 Å². The highest BCUT2D eigenvalue weighted by molar-refractivity contribution is 6.36. The average molecular weight is 302 g/mol. The summed E-state index contributed by atoms with van der Waals surface area (Å²) < 4.78 is 0. The normalized spacial score (nSPS) is 10.8. The van der Waals surface area contributed by atoms with E-state index in [-0.39, 0.29) is 0 Å². The SMILES string of the molecule is Clc1ccc(/C=N/Nc2cc(Cl)ncn2)c(Cl)c1. The second kappa shape index (κ2) is 6.00. The van der Waals surface area contributed by atoms with E-state index in [9.17, 15) is 0 Å². The fraction of sp³-hybridized carbons (Fsp3) is 0. The molecule has 0 radical (unpaired) electrons. The molecule has 0 aliphatic carbocycles. The first kappa shape index (κ1) is 13.1. The molecule has 18 heavy (non-hydrogen) atoms. The minimum Gasteiger partial charge on any atom is -0.261 e. The molecule has 1 heterocycles. The predicted molar refractivity (Wildman–Crippen MR) is 74.7 cm³/mol. The van der Waals surface area contributed by atoms with Gasteiger partial charge in [0.05, 0.1) is 11.2 Å². The molecule has 0 saturated heterocycles. The van der Waals surface area contributed by atoms with E-state index in [0.717, 1.165) is 5.56 Å². The van der Waals surface area contributed by atoms with Crippen molar-refractivity contribution in [2.45, 2.75) is 0 Å². The minimum atomic E-state index is 0.340. The molecule has 7 heteroatoms. The number of nitrogens with zero attached hydrogens (tertiary/aromatic N) is 3. The van der Waals surface area contributed by atoms with Gasteiger partial charge in [0.15, 0.2) is 5.82 Å². The van der Waals surface area contributed by atoms with Crippen molar-refractivity contribution >= 4 is 46.8 Å². The number of nitrogens with one attached hydrogen (secondary N) is 1. The first-order valence-corrected chi connectivity index (χ1v) is 6.00. The summed E-state index contributed by atoms with van der Waals surface area (Å²) in [6.45, 7) is 0. The highest BCUT2D eigenvalue weighted by Gasteiger charge is 1.98. The highest BCUT2D eigenvalue weighted by atomic mass is 35.5. The highest BCUT2D eigenvalue weighted by Crippen LogP contribution is 2.19. The van der Waals surface area contributed by atoms with Crippen LogP contribution in [0.25, 0.3) is 0 Å². The first-order valence-electron chi connectivity index (χ1n) is 4.87. The van der Waals surface area contributed by atoms with Gasteiger partial charge in [-0.3, -0.25) is 5.43 Å². The van der Waals surface area contributed by atoms with Crippen LogP contribution < -0.4 is 5.43 Å². The second-order valence-corrected chi connectivity index (χ2v) is 4.49. The Morgan fingerprint density at radius 2 is 1.94 bits per heavy atom. The van der Waals surface area contributed by atoms with E-state index >= 15 is 0 Å². The Morgan fingerprint density at radius 3 is 2.67 bits per heavy atom. The van der Waals surface area contributed by atoms with Crippen molar-refractivity contribution < 1.29 is 0 Å². The summed E-state index contributed by atoms with van der Waals surface area (Å²) in [5, 5.41) is 5.43. The Morgan fingerprint density at radius 1 is 1.11 bits per heavy atom. The number of rotatable bonds is 3. The molecule has 0 atom stereocenters. The molecule has 0 amide bonds. The summed E-state index contributed by atoms with van der Waals surface area (Å²) in [7, 11) is 0. The Bertz CT molecular complexity index is 586. The smallest absolute Gasteiger partial charge is 0.151 e. The van der Waals surface area contributed by atoms with Crippen LogP contribution in [0.2, 0.25) is 15.2 Å². The van der Waals surface area contributed by atoms with Crippen LogP contribution in [-0.2, 0) is 0 Å². The van der Waals surface area contributed by atoms with Crippen LogP contribution >= 0.6 is 34.8 Å². The standard InChI is InChI=1S/C11H7Cl3N4/c12-8-2-1-7(9(13)3-8)5-17-18-11-4-10(14)15-6-16-11/h1-6H,(H,15,16,18)/b17-5+. The van der Waals surface area contributed by atoms with Crippen molar-refractivity contribution in [3.05, 3.63) is 51.4 Å². The summed E-state index contributed by atoms with van der Waals surface area (Å²) in [6, 6.07) is 6.70. The van der Waals surface area contributed by atoms with E-state index in [1.807, 2.05) is 0 Å². The lowest BCUT2D eigenvalue weighted by Gasteiger charge is -2.00.